The molecule has 0 atom stereocenters. The molecule has 0 bridgehead atoms. The van der Waals surface area contributed by atoms with E-state index < -0.39 is 21.4 Å². The first-order valence-corrected chi connectivity index (χ1v) is 8.20. The number of nitrogens with one attached hydrogen (secondary N) is 1. The van der Waals surface area contributed by atoms with Gasteiger partial charge in [-0.2, -0.15) is 0 Å². The van der Waals surface area contributed by atoms with Crippen molar-refractivity contribution in [3.63, 3.8) is 0 Å². The molecule has 0 aliphatic heterocycles. The summed E-state index contributed by atoms with van der Waals surface area (Å²) in [6.07, 6.45) is 2.73. The van der Waals surface area contributed by atoms with Crippen LogP contribution in [0.1, 0.15) is 31.7 Å². The summed E-state index contributed by atoms with van der Waals surface area (Å²) in [7, 11) is -3.64. The maximum Gasteiger partial charge on any atom is 0.310 e. The second-order valence-corrected chi connectivity index (χ2v) is 7.03. The zero-order valence-corrected chi connectivity index (χ0v) is 12.2. The quantitative estimate of drug-likeness (QED) is 0.838. The molecule has 1 aromatic carbocycles. The lowest BCUT2D eigenvalue weighted by molar-refractivity contribution is -0.153. The van der Waals surface area contributed by atoms with Crippen molar-refractivity contribution in [2.75, 3.05) is 6.54 Å². The van der Waals surface area contributed by atoms with E-state index in [2.05, 4.69) is 4.72 Å². The minimum atomic E-state index is -3.64. The Kier molecular flexibility index (Phi) is 4.15. The Morgan fingerprint density at radius 1 is 1.30 bits per heavy atom. The van der Waals surface area contributed by atoms with E-state index in [4.69, 9.17) is 0 Å². The molecule has 20 heavy (non-hydrogen) atoms. The molecule has 0 radical (unpaired) electrons. The summed E-state index contributed by atoms with van der Waals surface area (Å²) in [6.45, 7) is 1.95. The number of carboxylic acids is 1. The first-order chi connectivity index (χ1) is 9.39. The van der Waals surface area contributed by atoms with E-state index >= 15 is 0 Å². The first-order valence-electron chi connectivity index (χ1n) is 6.72. The first kappa shape index (κ1) is 15.0. The zero-order chi connectivity index (χ0) is 14.8. The largest absolute Gasteiger partial charge is 0.481 e. The van der Waals surface area contributed by atoms with Crippen molar-refractivity contribution in [2.24, 2.45) is 5.41 Å². The van der Waals surface area contributed by atoms with Gasteiger partial charge in [0, 0.05) is 6.54 Å². The van der Waals surface area contributed by atoms with E-state index in [-0.39, 0.29) is 11.4 Å². The van der Waals surface area contributed by atoms with Crippen molar-refractivity contribution < 1.29 is 18.3 Å². The van der Waals surface area contributed by atoms with Crippen LogP contribution in [0.3, 0.4) is 0 Å². The van der Waals surface area contributed by atoms with E-state index in [9.17, 15) is 18.3 Å². The third-order valence-electron chi connectivity index (χ3n) is 4.01. The average molecular weight is 297 g/mol. The summed E-state index contributed by atoms with van der Waals surface area (Å²) in [5.41, 5.74) is 0.140. The Morgan fingerprint density at radius 3 is 2.30 bits per heavy atom. The zero-order valence-electron chi connectivity index (χ0n) is 11.4. The third-order valence-corrected chi connectivity index (χ3v) is 5.42. The molecule has 1 aromatic rings. The molecule has 1 saturated carbocycles. The van der Waals surface area contributed by atoms with Crippen LogP contribution in [0.25, 0.3) is 0 Å². The Balaban J connectivity index is 2.09. The van der Waals surface area contributed by atoms with E-state index in [0.717, 1.165) is 18.4 Å². The van der Waals surface area contributed by atoms with E-state index in [1.807, 2.05) is 6.92 Å². The summed E-state index contributed by atoms with van der Waals surface area (Å²) in [4.78, 5) is 11.4. The van der Waals surface area contributed by atoms with Crippen LogP contribution >= 0.6 is 0 Å². The highest BCUT2D eigenvalue weighted by Gasteiger charge is 2.44. The molecule has 0 aromatic heterocycles. The normalized spacial score (nSPS) is 17.4. The lowest BCUT2D eigenvalue weighted by Crippen LogP contribution is -2.47. The predicted molar refractivity (Wildman–Crippen MR) is 74.9 cm³/mol. The molecule has 0 spiro atoms. The summed E-state index contributed by atoms with van der Waals surface area (Å²) in [6, 6.07) is 6.64. The second-order valence-electron chi connectivity index (χ2n) is 5.26. The fraction of sp³-hybridized carbons (Fsp3) is 0.500. The fourth-order valence-electron chi connectivity index (χ4n) is 2.29. The minimum absolute atomic E-state index is 0.0415. The minimum Gasteiger partial charge on any atom is -0.481 e. The third kappa shape index (κ3) is 2.86. The monoisotopic (exact) mass is 297 g/mol. The van der Waals surface area contributed by atoms with Crippen LogP contribution in [0.4, 0.5) is 0 Å². The number of carboxylic acid groups (broad SMARTS) is 1. The average Bonchev–Trinajstić information content (AvgIpc) is 2.37. The number of sulfonamides is 1. The topological polar surface area (TPSA) is 83.5 Å². The smallest absolute Gasteiger partial charge is 0.310 e. The standard InChI is InChI=1S/C14H19NO4S/c1-2-11-4-6-12(7-5-11)20(18,19)15-10-14(13(16)17)8-3-9-14/h4-7,15H,2-3,8-10H2,1H3,(H,16,17). The summed E-state index contributed by atoms with van der Waals surface area (Å²) in [5, 5.41) is 9.18. The van der Waals surface area contributed by atoms with Gasteiger partial charge in [-0.3, -0.25) is 4.79 Å². The van der Waals surface area contributed by atoms with Crippen molar-refractivity contribution >= 4 is 16.0 Å². The second kappa shape index (κ2) is 5.54. The van der Waals surface area contributed by atoms with Gasteiger partial charge in [-0.05, 0) is 37.0 Å². The van der Waals surface area contributed by atoms with Crippen LogP contribution in [0.15, 0.2) is 29.2 Å². The summed E-state index contributed by atoms with van der Waals surface area (Å²) < 4.78 is 26.7. The molecule has 0 heterocycles. The number of hydrogen-bond donors (Lipinski definition) is 2. The molecule has 1 aliphatic rings. The molecular formula is C14H19NO4S. The Hall–Kier alpha value is -1.40. The molecule has 2 rings (SSSR count). The van der Waals surface area contributed by atoms with Gasteiger partial charge in [-0.1, -0.05) is 25.5 Å². The Labute approximate surface area is 119 Å². The van der Waals surface area contributed by atoms with Crippen LogP contribution in [-0.4, -0.2) is 26.0 Å². The van der Waals surface area contributed by atoms with Gasteiger partial charge in [-0.15, -0.1) is 0 Å². The van der Waals surface area contributed by atoms with Crippen molar-refractivity contribution in [1.82, 2.24) is 4.72 Å². The SMILES string of the molecule is CCc1ccc(S(=O)(=O)NCC2(C(=O)O)CCC2)cc1. The number of aryl methyl sites for hydroxylation is 1. The lowest BCUT2D eigenvalue weighted by atomic mass is 9.69. The molecule has 5 nitrogen and oxygen atoms in total. The highest BCUT2D eigenvalue weighted by atomic mass is 32.2. The Bertz CT molecular complexity index is 588. The van der Waals surface area contributed by atoms with Crippen molar-refractivity contribution in [3.05, 3.63) is 29.8 Å². The van der Waals surface area contributed by atoms with Gasteiger partial charge in [0.05, 0.1) is 10.3 Å². The molecule has 0 amide bonds. The number of rotatable bonds is 6. The fourth-order valence-corrected chi connectivity index (χ4v) is 3.42. The number of benzene rings is 1. The van der Waals surface area contributed by atoms with Crippen LogP contribution in [0.5, 0.6) is 0 Å². The lowest BCUT2D eigenvalue weighted by Gasteiger charge is -2.37. The maximum absolute atomic E-state index is 12.1. The molecule has 1 fully saturated rings. The van der Waals surface area contributed by atoms with Gasteiger partial charge in [0.2, 0.25) is 10.0 Å². The van der Waals surface area contributed by atoms with Gasteiger partial charge < -0.3 is 5.11 Å². The van der Waals surface area contributed by atoms with Crippen LogP contribution < -0.4 is 4.72 Å². The molecular weight excluding hydrogens is 278 g/mol. The molecule has 1 aliphatic carbocycles. The van der Waals surface area contributed by atoms with E-state index in [1.165, 1.54) is 0 Å². The predicted octanol–water partition coefficient (Wildman–Crippen LogP) is 1.78. The summed E-state index contributed by atoms with van der Waals surface area (Å²) >= 11 is 0. The maximum atomic E-state index is 12.1. The number of carbonyl (C=O) groups is 1. The van der Waals surface area contributed by atoms with Crippen molar-refractivity contribution in [3.8, 4) is 0 Å². The van der Waals surface area contributed by atoms with Gasteiger partial charge in [-0.25, -0.2) is 13.1 Å². The van der Waals surface area contributed by atoms with Gasteiger partial charge in [0.1, 0.15) is 0 Å². The number of hydrogen-bond acceptors (Lipinski definition) is 3. The number of aliphatic carboxylic acids is 1. The van der Waals surface area contributed by atoms with Crippen LogP contribution in [0, 0.1) is 5.41 Å². The molecule has 110 valence electrons. The highest BCUT2D eigenvalue weighted by molar-refractivity contribution is 7.89. The van der Waals surface area contributed by atoms with Gasteiger partial charge in [0.15, 0.2) is 0 Å². The van der Waals surface area contributed by atoms with Crippen molar-refractivity contribution in [2.45, 2.75) is 37.5 Å². The van der Waals surface area contributed by atoms with E-state index in [0.29, 0.717) is 12.8 Å². The highest BCUT2D eigenvalue weighted by Crippen LogP contribution is 2.40. The van der Waals surface area contributed by atoms with Gasteiger partial charge >= 0.3 is 5.97 Å². The molecule has 0 unspecified atom stereocenters. The summed E-state index contributed by atoms with van der Waals surface area (Å²) in [5.74, 6) is -0.923. The Morgan fingerprint density at radius 2 is 1.90 bits per heavy atom. The van der Waals surface area contributed by atoms with Crippen LogP contribution in [0.2, 0.25) is 0 Å². The molecule has 0 saturated heterocycles. The molecule has 6 heteroatoms. The van der Waals surface area contributed by atoms with Crippen LogP contribution in [-0.2, 0) is 21.2 Å². The van der Waals surface area contributed by atoms with Crippen molar-refractivity contribution in [1.29, 1.82) is 0 Å². The molecule has 2 N–H and O–H groups in total. The van der Waals surface area contributed by atoms with E-state index in [1.54, 1.807) is 24.3 Å². The van der Waals surface area contributed by atoms with Gasteiger partial charge in [0.25, 0.3) is 0 Å².